The van der Waals surface area contributed by atoms with Crippen molar-refractivity contribution in [2.24, 2.45) is 11.1 Å². The molecule has 14 heavy (non-hydrogen) atoms. The van der Waals surface area contributed by atoms with Crippen LogP contribution >= 0.6 is 11.3 Å². The lowest BCUT2D eigenvalue weighted by molar-refractivity contribution is 0.312. The van der Waals surface area contributed by atoms with Crippen LogP contribution in [0.3, 0.4) is 0 Å². The molecule has 0 radical (unpaired) electrons. The SMILES string of the molecule is CC/C(=N\O)C(CC)Cc1ccsc1. The summed E-state index contributed by atoms with van der Waals surface area (Å²) in [6.07, 6.45) is 2.86. The third-order valence-electron chi connectivity index (χ3n) is 2.52. The molecule has 0 spiro atoms. The van der Waals surface area contributed by atoms with E-state index < -0.39 is 0 Å². The van der Waals surface area contributed by atoms with Gasteiger partial charge in [-0.15, -0.1) is 0 Å². The molecule has 0 saturated heterocycles. The molecule has 0 aliphatic rings. The van der Waals surface area contributed by atoms with Gasteiger partial charge in [0, 0.05) is 5.92 Å². The highest BCUT2D eigenvalue weighted by Crippen LogP contribution is 2.17. The van der Waals surface area contributed by atoms with E-state index in [1.807, 2.05) is 6.92 Å². The molecule has 1 unspecified atom stereocenters. The summed E-state index contributed by atoms with van der Waals surface area (Å²) in [6, 6.07) is 2.14. The lowest BCUT2D eigenvalue weighted by Crippen LogP contribution is -2.15. The molecule has 0 aliphatic heterocycles. The van der Waals surface area contributed by atoms with Crippen LogP contribution < -0.4 is 0 Å². The predicted octanol–water partition coefficient (Wildman–Crippen LogP) is 3.56. The van der Waals surface area contributed by atoms with Gasteiger partial charge in [-0.25, -0.2) is 0 Å². The van der Waals surface area contributed by atoms with Gasteiger partial charge in [0.25, 0.3) is 0 Å². The average Bonchev–Trinajstić information content (AvgIpc) is 2.70. The Morgan fingerprint density at radius 2 is 2.36 bits per heavy atom. The molecular formula is C11H17NOS. The van der Waals surface area contributed by atoms with Crippen LogP contribution in [0.2, 0.25) is 0 Å². The highest BCUT2D eigenvalue weighted by Gasteiger charge is 2.13. The Bertz CT molecular complexity index is 279. The van der Waals surface area contributed by atoms with Gasteiger partial charge in [0.05, 0.1) is 5.71 Å². The van der Waals surface area contributed by atoms with E-state index in [0.717, 1.165) is 25.0 Å². The normalized spacial score (nSPS) is 14.3. The van der Waals surface area contributed by atoms with Crippen molar-refractivity contribution >= 4 is 17.0 Å². The number of oxime groups is 1. The molecule has 0 fully saturated rings. The largest absolute Gasteiger partial charge is 0.411 e. The van der Waals surface area contributed by atoms with E-state index in [0.29, 0.717) is 5.92 Å². The zero-order valence-electron chi connectivity index (χ0n) is 8.73. The Labute approximate surface area is 89.3 Å². The van der Waals surface area contributed by atoms with Gasteiger partial charge >= 0.3 is 0 Å². The zero-order chi connectivity index (χ0) is 10.4. The van der Waals surface area contributed by atoms with Gasteiger partial charge in [0.15, 0.2) is 0 Å². The van der Waals surface area contributed by atoms with Crippen molar-refractivity contribution in [1.29, 1.82) is 0 Å². The fourth-order valence-corrected chi connectivity index (χ4v) is 2.31. The van der Waals surface area contributed by atoms with Crippen molar-refractivity contribution in [2.75, 3.05) is 0 Å². The second-order valence-corrected chi connectivity index (χ2v) is 4.17. The molecule has 0 amide bonds. The van der Waals surface area contributed by atoms with E-state index >= 15 is 0 Å². The molecule has 1 aromatic rings. The summed E-state index contributed by atoms with van der Waals surface area (Å²) in [5.74, 6) is 0.389. The second kappa shape index (κ2) is 5.81. The average molecular weight is 211 g/mol. The monoisotopic (exact) mass is 211 g/mol. The van der Waals surface area contributed by atoms with Gasteiger partial charge in [0.1, 0.15) is 0 Å². The first-order valence-electron chi connectivity index (χ1n) is 5.03. The summed E-state index contributed by atoms with van der Waals surface area (Å²) in [7, 11) is 0. The highest BCUT2D eigenvalue weighted by molar-refractivity contribution is 7.07. The maximum atomic E-state index is 8.85. The van der Waals surface area contributed by atoms with Crippen molar-refractivity contribution in [2.45, 2.75) is 33.1 Å². The van der Waals surface area contributed by atoms with Gasteiger partial charge < -0.3 is 5.21 Å². The van der Waals surface area contributed by atoms with Crippen LogP contribution in [0.25, 0.3) is 0 Å². The summed E-state index contributed by atoms with van der Waals surface area (Å²) in [6.45, 7) is 4.17. The van der Waals surface area contributed by atoms with Crippen molar-refractivity contribution in [3.8, 4) is 0 Å². The zero-order valence-corrected chi connectivity index (χ0v) is 9.55. The van der Waals surface area contributed by atoms with Crippen LogP contribution in [-0.4, -0.2) is 10.9 Å². The Kier molecular flexibility index (Phi) is 4.66. The smallest absolute Gasteiger partial charge is 0.0602 e. The minimum Gasteiger partial charge on any atom is -0.411 e. The number of nitrogens with zero attached hydrogens (tertiary/aromatic N) is 1. The maximum Gasteiger partial charge on any atom is 0.0602 e. The fourth-order valence-electron chi connectivity index (χ4n) is 1.63. The lowest BCUT2D eigenvalue weighted by Gasteiger charge is -2.14. The van der Waals surface area contributed by atoms with E-state index in [-0.39, 0.29) is 0 Å². The summed E-state index contributed by atoms with van der Waals surface area (Å²) in [4.78, 5) is 0. The summed E-state index contributed by atoms with van der Waals surface area (Å²) in [5.41, 5.74) is 2.26. The Morgan fingerprint density at radius 3 is 2.79 bits per heavy atom. The van der Waals surface area contributed by atoms with E-state index in [1.54, 1.807) is 11.3 Å². The Balaban J connectivity index is 2.63. The highest BCUT2D eigenvalue weighted by atomic mass is 32.1. The third-order valence-corrected chi connectivity index (χ3v) is 3.25. The fraction of sp³-hybridized carbons (Fsp3) is 0.545. The predicted molar refractivity (Wildman–Crippen MR) is 61.3 cm³/mol. The molecule has 3 heteroatoms. The minimum absolute atomic E-state index is 0.389. The first-order valence-corrected chi connectivity index (χ1v) is 5.97. The third kappa shape index (κ3) is 2.84. The van der Waals surface area contributed by atoms with Crippen molar-refractivity contribution in [1.82, 2.24) is 0 Å². The molecule has 78 valence electrons. The van der Waals surface area contributed by atoms with Gasteiger partial charge in [0.2, 0.25) is 0 Å². The number of thiophene rings is 1. The van der Waals surface area contributed by atoms with E-state index in [2.05, 4.69) is 28.9 Å². The molecule has 1 aromatic heterocycles. The lowest BCUT2D eigenvalue weighted by atomic mass is 9.92. The standard InChI is InChI=1S/C11H17NOS/c1-3-10(11(4-2)12-13)7-9-5-6-14-8-9/h5-6,8,10,13H,3-4,7H2,1-2H3/b12-11+. The second-order valence-electron chi connectivity index (χ2n) is 3.39. The molecule has 1 atom stereocenters. The van der Waals surface area contributed by atoms with Crippen LogP contribution in [0, 0.1) is 5.92 Å². The molecule has 1 rings (SSSR count). The Hall–Kier alpha value is -0.830. The molecule has 0 saturated carbocycles. The van der Waals surface area contributed by atoms with Crippen LogP contribution in [0.15, 0.2) is 22.0 Å². The van der Waals surface area contributed by atoms with Gasteiger partial charge in [-0.1, -0.05) is 19.0 Å². The molecule has 0 aromatic carbocycles. The van der Waals surface area contributed by atoms with Gasteiger partial charge in [-0.05, 0) is 41.7 Å². The number of hydrogen-bond donors (Lipinski definition) is 1. The quantitative estimate of drug-likeness (QED) is 0.451. The molecule has 0 bridgehead atoms. The topological polar surface area (TPSA) is 32.6 Å². The first kappa shape index (κ1) is 11.2. The molecule has 0 aliphatic carbocycles. The molecule has 1 N–H and O–H groups in total. The van der Waals surface area contributed by atoms with Crippen LogP contribution in [0.4, 0.5) is 0 Å². The summed E-state index contributed by atoms with van der Waals surface area (Å²) < 4.78 is 0. The molecular weight excluding hydrogens is 194 g/mol. The van der Waals surface area contributed by atoms with Crippen molar-refractivity contribution in [3.63, 3.8) is 0 Å². The molecule has 2 nitrogen and oxygen atoms in total. The van der Waals surface area contributed by atoms with Crippen LogP contribution in [-0.2, 0) is 6.42 Å². The van der Waals surface area contributed by atoms with Gasteiger partial charge in [-0.2, -0.15) is 11.3 Å². The maximum absolute atomic E-state index is 8.85. The van der Waals surface area contributed by atoms with Crippen LogP contribution in [0.5, 0.6) is 0 Å². The summed E-state index contributed by atoms with van der Waals surface area (Å²) >= 11 is 1.72. The van der Waals surface area contributed by atoms with E-state index in [9.17, 15) is 0 Å². The number of hydrogen-bond acceptors (Lipinski definition) is 3. The number of rotatable bonds is 5. The summed E-state index contributed by atoms with van der Waals surface area (Å²) in [5, 5.41) is 16.5. The van der Waals surface area contributed by atoms with Crippen molar-refractivity contribution < 1.29 is 5.21 Å². The minimum atomic E-state index is 0.389. The first-order chi connectivity index (χ1) is 6.81. The molecule has 1 heterocycles. The Morgan fingerprint density at radius 1 is 1.57 bits per heavy atom. The van der Waals surface area contributed by atoms with E-state index in [1.165, 1.54) is 5.56 Å². The van der Waals surface area contributed by atoms with E-state index in [4.69, 9.17) is 5.21 Å². The van der Waals surface area contributed by atoms with Crippen molar-refractivity contribution in [3.05, 3.63) is 22.4 Å². The van der Waals surface area contributed by atoms with Crippen LogP contribution in [0.1, 0.15) is 32.3 Å². The van der Waals surface area contributed by atoms with Gasteiger partial charge in [-0.3, -0.25) is 0 Å².